The summed E-state index contributed by atoms with van der Waals surface area (Å²) in [7, 11) is 0. The highest BCUT2D eigenvalue weighted by molar-refractivity contribution is 14.0. The Morgan fingerprint density at radius 2 is 2.26 bits per heavy atom. The minimum atomic E-state index is -0.229. The van der Waals surface area contributed by atoms with Crippen molar-refractivity contribution in [3.8, 4) is 0 Å². The van der Waals surface area contributed by atoms with E-state index in [0.717, 1.165) is 54.0 Å². The van der Waals surface area contributed by atoms with Crippen molar-refractivity contribution in [3.05, 3.63) is 41.2 Å². The number of hydrogen-bond donors (Lipinski definition) is 2. The van der Waals surface area contributed by atoms with Crippen LogP contribution in [0.3, 0.4) is 0 Å². The second-order valence-electron chi connectivity index (χ2n) is 6.29. The quantitative estimate of drug-likeness (QED) is 0.284. The molecule has 27 heavy (non-hydrogen) atoms. The number of rotatable bonds is 5. The largest absolute Gasteiger partial charge is 0.357 e. The maximum absolute atomic E-state index is 13.6. The van der Waals surface area contributed by atoms with Crippen LogP contribution in [-0.2, 0) is 19.5 Å². The van der Waals surface area contributed by atoms with Crippen LogP contribution in [-0.4, -0.2) is 39.6 Å². The van der Waals surface area contributed by atoms with E-state index < -0.39 is 0 Å². The zero-order valence-electron chi connectivity index (χ0n) is 15.8. The van der Waals surface area contributed by atoms with Crippen molar-refractivity contribution in [2.24, 2.45) is 4.99 Å². The van der Waals surface area contributed by atoms with E-state index in [1.165, 1.54) is 6.07 Å². The van der Waals surface area contributed by atoms with Gasteiger partial charge in [-0.3, -0.25) is 0 Å². The lowest BCUT2D eigenvalue weighted by molar-refractivity contribution is 0.392. The SMILES string of the molecule is CCNC(=NCc1cc(F)ccc1SC)NC1CCc2nc(C)nn2C1.I. The van der Waals surface area contributed by atoms with Gasteiger partial charge >= 0.3 is 0 Å². The van der Waals surface area contributed by atoms with E-state index in [9.17, 15) is 4.39 Å². The second-order valence-corrected chi connectivity index (χ2v) is 7.14. The van der Waals surface area contributed by atoms with Crippen LogP contribution in [0.15, 0.2) is 28.1 Å². The van der Waals surface area contributed by atoms with Crippen LogP contribution >= 0.6 is 35.7 Å². The lowest BCUT2D eigenvalue weighted by Crippen LogP contribution is -2.47. The average Bonchev–Trinajstić information content (AvgIpc) is 2.99. The molecular formula is C18H26FIN6S. The van der Waals surface area contributed by atoms with Crippen LogP contribution < -0.4 is 10.6 Å². The van der Waals surface area contributed by atoms with E-state index in [4.69, 9.17) is 0 Å². The minimum Gasteiger partial charge on any atom is -0.357 e. The van der Waals surface area contributed by atoms with Gasteiger partial charge in [0.15, 0.2) is 5.96 Å². The van der Waals surface area contributed by atoms with E-state index in [0.29, 0.717) is 6.54 Å². The lowest BCUT2D eigenvalue weighted by atomic mass is 10.1. The molecule has 1 aromatic carbocycles. The fourth-order valence-corrected chi connectivity index (χ4v) is 3.69. The number of fused-ring (bicyclic) bond motifs is 1. The Bertz CT molecular complexity index is 794. The maximum atomic E-state index is 13.6. The highest BCUT2D eigenvalue weighted by atomic mass is 127. The van der Waals surface area contributed by atoms with Crippen LogP contribution in [0.25, 0.3) is 0 Å². The van der Waals surface area contributed by atoms with E-state index >= 15 is 0 Å². The van der Waals surface area contributed by atoms with Gasteiger partial charge in [0.2, 0.25) is 0 Å². The number of thioether (sulfide) groups is 1. The summed E-state index contributed by atoms with van der Waals surface area (Å²) in [6, 6.07) is 5.10. The molecule has 1 atom stereocenters. The Kier molecular flexibility index (Phi) is 8.33. The van der Waals surface area contributed by atoms with Crippen molar-refractivity contribution >= 4 is 41.7 Å². The predicted molar refractivity (Wildman–Crippen MR) is 118 cm³/mol. The Morgan fingerprint density at radius 1 is 1.44 bits per heavy atom. The smallest absolute Gasteiger partial charge is 0.191 e. The molecule has 0 radical (unpaired) electrons. The zero-order chi connectivity index (χ0) is 18.5. The van der Waals surface area contributed by atoms with Gasteiger partial charge in [-0.05, 0) is 50.3 Å². The molecule has 0 bridgehead atoms. The topological polar surface area (TPSA) is 67.1 Å². The molecule has 6 nitrogen and oxygen atoms in total. The van der Waals surface area contributed by atoms with Crippen molar-refractivity contribution < 1.29 is 4.39 Å². The fourth-order valence-electron chi connectivity index (χ4n) is 3.10. The molecule has 2 aromatic rings. The van der Waals surface area contributed by atoms with Crippen LogP contribution in [0.1, 0.15) is 30.6 Å². The minimum absolute atomic E-state index is 0. The van der Waals surface area contributed by atoms with Crippen molar-refractivity contribution in [1.82, 2.24) is 25.4 Å². The highest BCUT2D eigenvalue weighted by Crippen LogP contribution is 2.22. The van der Waals surface area contributed by atoms with Gasteiger partial charge < -0.3 is 10.6 Å². The number of guanidine groups is 1. The van der Waals surface area contributed by atoms with Gasteiger partial charge in [0.05, 0.1) is 13.1 Å². The van der Waals surface area contributed by atoms with Crippen molar-refractivity contribution in [2.45, 2.75) is 50.7 Å². The summed E-state index contributed by atoms with van der Waals surface area (Å²) in [6.07, 6.45) is 3.88. The first-order valence-electron chi connectivity index (χ1n) is 8.86. The number of aliphatic imine (C=N–C) groups is 1. The van der Waals surface area contributed by atoms with E-state index in [1.807, 2.05) is 24.8 Å². The number of aromatic nitrogens is 3. The average molecular weight is 504 g/mol. The summed E-state index contributed by atoms with van der Waals surface area (Å²) in [5.74, 6) is 2.38. The number of halogens is 2. The van der Waals surface area contributed by atoms with Crippen LogP contribution in [0.4, 0.5) is 4.39 Å². The summed E-state index contributed by atoms with van der Waals surface area (Å²) < 4.78 is 15.5. The maximum Gasteiger partial charge on any atom is 0.191 e. The van der Waals surface area contributed by atoms with Gasteiger partial charge in [-0.2, -0.15) is 5.10 Å². The molecule has 0 aliphatic carbocycles. The summed E-state index contributed by atoms with van der Waals surface area (Å²) >= 11 is 1.60. The molecule has 1 aromatic heterocycles. The van der Waals surface area contributed by atoms with E-state index in [-0.39, 0.29) is 35.8 Å². The molecule has 3 rings (SSSR count). The number of nitrogens with one attached hydrogen (secondary N) is 2. The molecule has 1 aliphatic heterocycles. The van der Waals surface area contributed by atoms with Gasteiger partial charge in [-0.15, -0.1) is 35.7 Å². The first-order chi connectivity index (χ1) is 12.6. The molecule has 9 heteroatoms. The summed E-state index contributed by atoms with van der Waals surface area (Å²) in [5.41, 5.74) is 0.896. The summed E-state index contributed by atoms with van der Waals surface area (Å²) in [5, 5.41) is 11.2. The Balaban J connectivity index is 0.00000261. The Hall–Kier alpha value is -1.36. The van der Waals surface area contributed by atoms with E-state index in [1.54, 1.807) is 23.9 Å². The molecule has 0 saturated heterocycles. The van der Waals surface area contributed by atoms with Crippen molar-refractivity contribution in [2.75, 3.05) is 12.8 Å². The van der Waals surface area contributed by atoms with Gasteiger partial charge in [0.25, 0.3) is 0 Å². The first kappa shape index (κ1) is 21.9. The highest BCUT2D eigenvalue weighted by Gasteiger charge is 2.21. The summed E-state index contributed by atoms with van der Waals surface area (Å²) in [4.78, 5) is 10.2. The number of hydrogen-bond acceptors (Lipinski definition) is 4. The number of aryl methyl sites for hydroxylation is 2. The van der Waals surface area contributed by atoms with Crippen LogP contribution in [0, 0.1) is 12.7 Å². The molecular weight excluding hydrogens is 478 g/mol. The number of benzene rings is 1. The molecule has 0 saturated carbocycles. The molecule has 0 amide bonds. The first-order valence-corrected chi connectivity index (χ1v) is 10.1. The third-order valence-electron chi connectivity index (χ3n) is 4.30. The van der Waals surface area contributed by atoms with Gasteiger partial charge in [-0.1, -0.05) is 0 Å². The Labute approximate surface area is 180 Å². The molecule has 2 heterocycles. The molecule has 0 spiro atoms. The summed E-state index contributed by atoms with van der Waals surface area (Å²) in [6.45, 7) is 5.93. The third-order valence-corrected chi connectivity index (χ3v) is 5.14. The molecule has 148 valence electrons. The monoisotopic (exact) mass is 504 g/mol. The van der Waals surface area contributed by atoms with Crippen LogP contribution in [0.2, 0.25) is 0 Å². The van der Waals surface area contributed by atoms with Gasteiger partial charge in [-0.25, -0.2) is 19.0 Å². The van der Waals surface area contributed by atoms with Crippen molar-refractivity contribution in [3.63, 3.8) is 0 Å². The molecule has 1 aliphatic rings. The predicted octanol–water partition coefficient (Wildman–Crippen LogP) is 3.14. The fraction of sp³-hybridized carbons (Fsp3) is 0.500. The zero-order valence-corrected chi connectivity index (χ0v) is 19.0. The lowest BCUT2D eigenvalue weighted by Gasteiger charge is -2.25. The van der Waals surface area contributed by atoms with Crippen LogP contribution in [0.5, 0.6) is 0 Å². The second kappa shape index (κ2) is 10.3. The third kappa shape index (κ3) is 5.81. The van der Waals surface area contributed by atoms with E-state index in [2.05, 4.69) is 25.7 Å². The number of nitrogens with zero attached hydrogens (tertiary/aromatic N) is 4. The Morgan fingerprint density at radius 3 is 3.00 bits per heavy atom. The van der Waals surface area contributed by atoms with Gasteiger partial charge in [0.1, 0.15) is 17.5 Å². The van der Waals surface area contributed by atoms with Gasteiger partial charge in [0, 0.05) is 23.9 Å². The molecule has 1 unspecified atom stereocenters. The molecule has 0 fully saturated rings. The normalized spacial score (nSPS) is 16.4. The standard InChI is InChI=1S/C18H25FN6S.HI/c1-4-20-18(21-10-13-9-14(19)5-7-16(13)26-3)23-15-6-8-17-22-12(2)24-25(17)11-15;/h5,7,9,15H,4,6,8,10-11H2,1-3H3,(H2,20,21,23);1H. The van der Waals surface area contributed by atoms with Crippen molar-refractivity contribution in [1.29, 1.82) is 0 Å². The molecule has 2 N–H and O–H groups in total.